The van der Waals surface area contributed by atoms with Gasteiger partial charge in [0, 0.05) is 11.3 Å². The fourth-order valence-electron chi connectivity index (χ4n) is 2.59. The number of hydrogen-bond acceptors (Lipinski definition) is 2. The third-order valence-electron chi connectivity index (χ3n) is 3.96. The number of rotatable bonds is 3. The van der Waals surface area contributed by atoms with Gasteiger partial charge in [0.25, 0.3) is 5.91 Å². The first kappa shape index (κ1) is 15.3. The highest BCUT2D eigenvalue weighted by Crippen LogP contribution is 2.30. The molecule has 1 aliphatic heterocycles. The molecule has 0 atom stereocenters. The van der Waals surface area contributed by atoms with Crippen molar-refractivity contribution in [3.8, 4) is 5.75 Å². The topological polar surface area (TPSA) is 38.3 Å². The van der Waals surface area contributed by atoms with Gasteiger partial charge in [-0.3, -0.25) is 4.79 Å². The molecule has 1 heterocycles. The summed E-state index contributed by atoms with van der Waals surface area (Å²) in [5.74, 6) is 1.99. The van der Waals surface area contributed by atoms with Crippen molar-refractivity contribution in [2.45, 2.75) is 20.8 Å². The molecule has 3 rings (SSSR count). The van der Waals surface area contributed by atoms with E-state index in [0.29, 0.717) is 12.2 Å². The Morgan fingerprint density at radius 1 is 1.09 bits per heavy atom. The minimum atomic E-state index is -0.123. The van der Waals surface area contributed by atoms with Gasteiger partial charge < -0.3 is 10.1 Å². The maximum atomic E-state index is 12.4. The van der Waals surface area contributed by atoms with Gasteiger partial charge in [-0.15, -0.1) is 0 Å². The Hall–Kier alpha value is -2.55. The molecule has 1 radical (unpaired) electrons. The molecule has 1 amide bonds. The first-order valence-electron chi connectivity index (χ1n) is 7.69. The normalized spacial score (nSPS) is 13.1. The second-order valence-electron chi connectivity index (χ2n) is 5.98. The van der Waals surface area contributed by atoms with Crippen LogP contribution in [0, 0.1) is 12.8 Å². The fraction of sp³-hybridized carbons (Fsp3) is 0.200. The second-order valence-corrected chi connectivity index (χ2v) is 5.98. The van der Waals surface area contributed by atoms with Crippen LogP contribution in [-0.2, 0) is 4.79 Å². The van der Waals surface area contributed by atoms with Gasteiger partial charge in [0.05, 0.1) is 5.57 Å². The summed E-state index contributed by atoms with van der Waals surface area (Å²) in [7, 11) is 0. The molecule has 0 aromatic heterocycles. The molecular formula is C20H20NO2. The van der Waals surface area contributed by atoms with E-state index in [9.17, 15) is 4.79 Å². The molecule has 0 fully saturated rings. The van der Waals surface area contributed by atoms with Crippen molar-refractivity contribution in [3.05, 3.63) is 70.6 Å². The maximum Gasteiger partial charge on any atom is 0.255 e. The van der Waals surface area contributed by atoms with Crippen LogP contribution in [0.2, 0.25) is 0 Å². The lowest BCUT2D eigenvalue weighted by atomic mass is 10.0. The Kier molecular flexibility index (Phi) is 4.20. The van der Waals surface area contributed by atoms with Crippen LogP contribution in [0.1, 0.15) is 30.5 Å². The standard InChI is InChI=1S/C20H20NO2/c1-13(2)15-7-9-18(10-8-15)21-20(22)17-11-16-6-4-5-14(3)19(16)23-12-17/h4-11H,12H2,1-3H3,(H,21,22). The number of fused-ring (bicyclic) bond motifs is 1. The van der Waals surface area contributed by atoms with Crippen LogP contribution in [0.4, 0.5) is 5.69 Å². The van der Waals surface area contributed by atoms with E-state index < -0.39 is 0 Å². The monoisotopic (exact) mass is 306 g/mol. The molecular weight excluding hydrogens is 286 g/mol. The van der Waals surface area contributed by atoms with Crippen LogP contribution in [0.5, 0.6) is 5.75 Å². The first-order valence-corrected chi connectivity index (χ1v) is 7.69. The van der Waals surface area contributed by atoms with Crippen molar-refractivity contribution in [1.82, 2.24) is 0 Å². The van der Waals surface area contributed by atoms with Gasteiger partial charge >= 0.3 is 0 Å². The molecule has 2 aromatic rings. The van der Waals surface area contributed by atoms with Gasteiger partial charge in [-0.1, -0.05) is 44.2 Å². The summed E-state index contributed by atoms with van der Waals surface area (Å²) in [4.78, 5) is 12.4. The minimum Gasteiger partial charge on any atom is -0.488 e. The molecule has 3 nitrogen and oxygen atoms in total. The SMILES string of the molecule is C[C](C)c1ccc(NC(=O)C2=Cc3cccc(C)c3OC2)cc1. The fourth-order valence-corrected chi connectivity index (χ4v) is 2.59. The summed E-state index contributed by atoms with van der Waals surface area (Å²) in [6, 6.07) is 13.8. The predicted octanol–water partition coefficient (Wildman–Crippen LogP) is 4.37. The number of anilines is 1. The Morgan fingerprint density at radius 3 is 2.52 bits per heavy atom. The number of hydrogen-bond donors (Lipinski definition) is 1. The predicted molar refractivity (Wildman–Crippen MR) is 93.4 cm³/mol. The van der Waals surface area contributed by atoms with E-state index in [2.05, 4.69) is 19.2 Å². The quantitative estimate of drug-likeness (QED) is 0.914. The number of benzene rings is 2. The molecule has 1 aliphatic rings. The van der Waals surface area contributed by atoms with Crippen molar-refractivity contribution >= 4 is 17.7 Å². The lowest BCUT2D eigenvalue weighted by Gasteiger charge is -2.19. The largest absolute Gasteiger partial charge is 0.488 e. The molecule has 0 spiro atoms. The number of ether oxygens (including phenoxy) is 1. The van der Waals surface area contributed by atoms with Crippen molar-refractivity contribution < 1.29 is 9.53 Å². The molecule has 117 valence electrons. The van der Waals surface area contributed by atoms with Crippen molar-refractivity contribution in [1.29, 1.82) is 0 Å². The molecule has 0 saturated heterocycles. The smallest absolute Gasteiger partial charge is 0.255 e. The Morgan fingerprint density at radius 2 is 1.83 bits per heavy atom. The van der Waals surface area contributed by atoms with E-state index in [0.717, 1.165) is 22.6 Å². The Balaban J connectivity index is 1.76. The number of amides is 1. The van der Waals surface area contributed by atoms with E-state index in [4.69, 9.17) is 4.74 Å². The van der Waals surface area contributed by atoms with Crippen molar-refractivity contribution in [2.75, 3.05) is 11.9 Å². The zero-order valence-corrected chi connectivity index (χ0v) is 13.6. The molecule has 0 saturated carbocycles. The molecule has 0 unspecified atom stereocenters. The molecule has 23 heavy (non-hydrogen) atoms. The van der Waals surface area contributed by atoms with E-state index in [1.165, 1.54) is 11.5 Å². The summed E-state index contributed by atoms with van der Waals surface area (Å²) in [5, 5.41) is 2.93. The van der Waals surface area contributed by atoms with Crippen LogP contribution >= 0.6 is 0 Å². The Labute approximate surface area is 137 Å². The summed E-state index contributed by atoms with van der Waals surface area (Å²) >= 11 is 0. The van der Waals surface area contributed by atoms with Gasteiger partial charge in [-0.05, 0) is 42.2 Å². The van der Waals surface area contributed by atoms with Crippen LogP contribution in [-0.4, -0.2) is 12.5 Å². The highest BCUT2D eigenvalue weighted by atomic mass is 16.5. The molecule has 3 heteroatoms. The molecule has 0 bridgehead atoms. The van der Waals surface area contributed by atoms with E-state index in [1.54, 1.807) is 0 Å². The molecule has 1 N–H and O–H groups in total. The number of para-hydroxylation sites is 1. The summed E-state index contributed by atoms with van der Waals surface area (Å²) in [5.41, 5.74) is 4.63. The van der Waals surface area contributed by atoms with Crippen LogP contribution in [0.15, 0.2) is 48.0 Å². The van der Waals surface area contributed by atoms with Crippen LogP contribution < -0.4 is 10.1 Å². The van der Waals surface area contributed by atoms with E-state index in [1.807, 2.05) is 55.5 Å². The molecule has 2 aromatic carbocycles. The van der Waals surface area contributed by atoms with Crippen LogP contribution in [0.25, 0.3) is 6.08 Å². The van der Waals surface area contributed by atoms with Crippen molar-refractivity contribution in [2.24, 2.45) is 0 Å². The lowest BCUT2D eigenvalue weighted by Crippen LogP contribution is -2.21. The summed E-state index contributed by atoms with van der Waals surface area (Å²) < 4.78 is 5.74. The van der Waals surface area contributed by atoms with Gasteiger partial charge in [-0.2, -0.15) is 0 Å². The Bertz CT molecular complexity index is 758. The maximum absolute atomic E-state index is 12.4. The highest BCUT2D eigenvalue weighted by molar-refractivity contribution is 6.07. The summed E-state index contributed by atoms with van der Waals surface area (Å²) in [6.07, 6.45) is 1.90. The second kappa shape index (κ2) is 6.29. The highest BCUT2D eigenvalue weighted by Gasteiger charge is 2.18. The van der Waals surface area contributed by atoms with Crippen molar-refractivity contribution in [3.63, 3.8) is 0 Å². The average molecular weight is 306 g/mol. The minimum absolute atomic E-state index is 0.123. The zero-order valence-electron chi connectivity index (χ0n) is 13.6. The van der Waals surface area contributed by atoms with E-state index >= 15 is 0 Å². The van der Waals surface area contributed by atoms with Gasteiger partial charge in [0.15, 0.2) is 0 Å². The van der Waals surface area contributed by atoms with Gasteiger partial charge in [0.2, 0.25) is 0 Å². The van der Waals surface area contributed by atoms with Crippen LogP contribution in [0.3, 0.4) is 0 Å². The summed E-state index contributed by atoms with van der Waals surface area (Å²) in [6.45, 7) is 6.43. The number of aryl methyl sites for hydroxylation is 1. The van der Waals surface area contributed by atoms with E-state index in [-0.39, 0.29) is 5.91 Å². The first-order chi connectivity index (χ1) is 11.0. The third kappa shape index (κ3) is 3.29. The number of nitrogens with one attached hydrogen (secondary N) is 1. The van der Waals surface area contributed by atoms with Gasteiger partial charge in [-0.25, -0.2) is 0 Å². The zero-order chi connectivity index (χ0) is 16.4. The molecule has 0 aliphatic carbocycles. The number of carbonyl (C=O) groups excluding carboxylic acids is 1. The average Bonchev–Trinajstić information content (AvgIpc) is 2.55. The third-order valence-corrected chi connectivity index (χ3v) is 3.96. The van der Waals surface area contributed by atoms with Gasteiger partial charge in [0.1, 0.15) is 12.4 Å². The lowest BCUT2D eigenvalue weighted by molar-refractivity contribution is -0.113. The number of carbonyl (C=O) groups is 1.